The number of hydrogen-bond donors (Lipinski definition) is 0. The number of hydrogen-bond acceptors (Lipinski definition) is 4. The van der Waals surface area contributed by atoms with Gasteiger partial charge in [-0.25, -0.2) is 9.48 Å². The first-order chi connectivity index (χ1) is 5.83. The quantitative estimate of drug-likeness (QED) is 0.550. The predicted molar refractivity (Wildman–Crippen MR) is 39.4 cm³/mol. The van der Waals surface area contributed by atoms with Gasteiger partial charge in [0.1, 0.15) is 0 Å². The largest absolute Gasteiger partial charge is 0.467 e. The second kappa shape index (κ2) is 2.58. The van der Waals surface area contributed by atoms with Crippen LogP contribution in [0.4, 0.5) is 0 Å². The summed E-state index contributed by atoms with van der Waals surface area (Å²) in [4.78, 5) is 11.2. The van der Waals surface area contributed by atoms with Crippen LogP contribution in [0.1, 0.15) is 18.2 Å². The number of methoxy groups -OCH3 is 1. The van der Waals surface area contributed by atoms with Crippen LogP contribution in [-0.4, -0.2) is 28.1 Å². The summed E-state index contributed by atoms with van der Waals surface area (Å²) < 4.78 is 6.26. The lowest BCUT2D eigenvalue weighted by molar-refractivity contribution is -0.144. The van der Waals surface area contributed by atoms with E-state index in [4.69, 9.17) is 0 Å². The van der Waals surface area contributed by atoms with Crippen LogP contribution in [-0.2, 0) is 16.0 Å². The van der Waals surface area contributed by atoms with Crippen LogP contribution in [0, 0.1) is 0 Å². The van der Waals surface area contributed by atoms with Gasteiger partial charge in [0.15, 0.2) is 6.04 Å². The average Bonchev–Trinajstić information content (AvgIpc) is 2.62. The highest BCUT2D eigenvalue weighted by atomic mass is 16.5. The summed E-state index contributed by atoms with van der Waals surface area (Å²) in [5.41, 5.74) is 1.01. The van der Waals surface area contributed by atoms with Crippen molar-refractivity contribution in [2.24, 2.45) is 0 Å². The van der Waals surface area contributed by atoms with Crippen molar-refractivity contribution in [3.8, 4) is 0 Å². The van der Waals surface area contributed by atoms with Gasteiger partial charge in [-0.3, -0.25) is 0 Å². The Morgan fingerprint density at radius 2 is 2.67 bits per heavy atom. The van der Waals surface area contributed by atoms with E-state index in [9.17, 15) is 4.79 Å². The summed E-state index contributed by atoms with van der Waals surface area (Å²) in [6.45, 7) is 0. The maximum absolute atomic E-state index is 11.2. The van der Waals surface area contributed by atoms with Crippen molar-refractivity contribution in [3.05, 3.63) is 11.9 Å². The third-order valence-electron chi connectivity index (χ3n) is 2.09. The van der Waals surface area contributed by atoms with E-state index in [2.05, 4.69) is 15.0 Å². The van der Waals surface area contributed by atoms with E-state index in [0.29, 0.717) is 0 Å². The van der Waals surface area contributed by atoms with E-state index in [1.54, 1.807) is 10.9 Å². The molecule has 0 aliphatic carbocycles. The lowest BCUT2D eigenvalue weighted by Gasteiger charge is -2.06. The van der Waals surface area contributed by atoms with Gasteiger partial charge in [-0.15, -0.1) is 5.10 Å². The molecule has 0 saturated heterocycles. The lowest BCUT2D eigenvalue weighted by Crippen LogP contribution is -2.18. The Labute approximate surface area is 69.3 Å². The van der Waals surface area contributed by atoms with Crippen LogP contribution < -0.4 is 0 Å². The molecule has 2 rings (SSSR count). The molecule has 0 aromatic carbocycles. The van der Waals surface area contributed by atoms with Gasteiger partial charge in [0.2, 0.25) is 0 Å². The Kier molecular flexibility index (Phi) is 1.56. The van der Waals surface area contributed by atoms with Crippen molar-refractivity contribution in [1.29, 1.82) is 0 Å². The molecule has 0 bridgehead atoms. The Bertz CT molecular complexity index is 307. The van der Waals surface area contributed by atoms with E-state index < -0.39 is 0 Å². The number of rotatable bonds is 1. The highest BCUT2D eigenvalue weighted by Gasteiger charge is 2.29. The van der Waals surface area contributed by atoms with E-state index >= 15 is 0 Å². The number of ether oxygens (including phenoxy) is 1. The van der Waals surface area contributed by atoms with Crippen molar-refractivity contribution >= 4 is 5.97 Å². The molecule has 1 aliphatic rings. The number of carbonyl (C=O) groups is 1. The van der Waals surface area contributed by atoms with Gasteiger partial charge in [-0.05, 0) is 12.8 Å². The maximum Gasteiger partial charge on any atom is 0.330 e. The van der Waals surface area contributed by atoms with Crippen LogP contribution in [0.5, 0.6) is 0 Å². The van der Waals surface area contributed by atoms with Crippen molar-refractivity contribution in [2.45, 2.75) is 18.9 Å². The van der Waals surface area contributed by atoms with Crippen LogP contribution in [0.25, 0.3) is 0 Å². The highest BCUT2D eigenvalue weighted by molar-refractivity contribution is 5.74. The van der Waals surface area contributed by atoms with Gasteiger partial charge in [0.05, 0.1) is 19.0 Å². The van der Waals surface area contributed by atoms with Gasteiger partial charge in [0, 0.05) is 0 Å². The molecule has 0 saturated carbocycles. The fourth-order valence-corrected chi connectivity index (χ4v) is 1.47. The molecule has 0 fully saturated rings. The second-order valence-corrected chi connectivity index (χ2v) is 2.75. The molecule has 2 heterocycles. The molecule has 1 aromatic heterocycles. The standard InChI is InChI=1S/C7H9N3O2/c1-12-7(11)6-3-2-5-4-8-9-10(5)6/h4,6H,2-3H2,1H3. The molecule has 1 aliphatic heterocycles. The van der Waals surface area contributed by atoms with Crippen molar-refractivity contribution in [2.75, 3.05) is 7.11 Å². The zero-order valence-corrected chi connectivity index (χ0v) is 6.73. The van der Waals surface area contributed by atoms with E-state index in [1.165, 1.54) is 7.11 Å². The third kappa shape index (κ3) is 0.895. The summed E-state index contributed by atoms with van der Waals surface area (Å²) in [5, 5.41) is 7.53. The van der Waals surface area contributed by atoms with Crippen LogP contribution >= 0.6 is 0 Å². The minimum Gasteiger partial charge on any atom is -0.467 e. The first kappa shape index (κ1) is 7.27. The van der Waals surface area contributed by atoms with Gasteiger partial charge >= 0.3 is 5.97 Å². The number of esters is 1. The minimum atomic E-state index is -0.257. The zero-order chi connectivity index (χ0) is 8.55. The van der Waals surface area contributed by atoms with Crippen LogP contribution in [0.2, 0.25) is 0 Å². The summed E-state index contributed by atoms with van der Waals surface area (Å²) in [7, 11) is 1.39. The van der Waals surface area contributed by atoms with Crippen LogP contribution in [0.3, 0.4) is 0 Å². The number of carbonyl (C=O) groups excluding carboxylic acids is 1. The SMILES string of the molecule is COC(=O)C1CCc2cnnn21. The molecule has 64 valence electrons. The molecule has 1 atom stereocenters. The van der Waals surface area contributed by atoms with E-state index in [-0.39, 0.29) is 12.0 Å². The third-order valence-corrected chi connectivity index (χ3v) is 2.09. The molecule has 0 N–H and O–H groups in total. The summed E-state index contributed by atoms with van der Waals surface area (Å²) in [5.74, 6) is -0.237. The predicted octanol–water partition coefficient (Wildman–Crippen LogP) is -0.0616. The fourth-order valence-electron chi connectivity index (χ4n) is 1.47. The second-order valence-electron chi connectivity index (χ2n) is 2.75. The smallest absolute Gasteiger partial charge is 0.330 e. The topological polar surface area (TPSA) is 57.0 Å². The van der Waals surface area contributed by atoms with Gasteiger partial charge in [0.25, 0.3) is 0 Å². The molecule has 12 heavy (non-hydrogen) atoms. The lowest BCUT2D eigenvalue weighted by atomic mass is 10.2. The molecule has 5 heteroatoms. The molecule has 0 spiro atoms. The summed E-state index contributed by atoms with van der Waals surface area (Å²) in [6.07, 6.45) is 3.31. The molecule has 0 amide bonds. The Morgan fingerprint density at radius 3 is 3.42 bits per heavy atom. The van der Waals surface area contributed by atoms with Gasteiger partial charge in [-0.2, -0.15) is 0 Å². The molecule has 0 radical (unpaired) electrons. The number of aryl methyl sites for hydroxylation is 1. The van der Waals surface area contributed by atoms with Crippen molar-refractivity contribution in [3.63, 3.8) is 0 Å². The molecule has 1 aromatic rings. The summed E-state index contributed by atoms with van der Waals surface area (Å²) in [6, 6.07) is -0.257. The van der Waals surface area contributed by atoms with Crippen molar-refractivity contribution in [1.82, 2.24) is 15.0 Å². The number of fused-ring (bicyclic) bond motifs is 1. The zero-order valence-electron chi connectivity index (χ0n) is 6.73. The Hall–Kier alpha value is -1.39. The monoisotopic (exact) mass is 167 g/mol. The van der Waals surface area contributed by atoms with Crippen molar-refractivity contribution < 1.29 is 9.53 Å². The molecule has 5 nitrogen and oxygen atoms in total. The molecular formula is C7H9N3O2. The first-order valence-electron chi connectivity index (χ1n) is 3.80. The maximum atomic E-state index is 11.2. The first-order valence-corrected chi connectivity index (χ1v) is 3.80. The van der Waals surface area contributed by atoms with Gasteiger partial charge in [-0.1, -0.05) is 5.21 Å². The van der Waals surface area contributed by atoms with Gasteiger partial charge < -0.3 is 4.74 Å². The number of aromatic nitrogens is 3. The Morgan fingerprint density at radius 1 is 1.83 bits per heavy atom. The Balaban J connectivity index is 2.28. The minimum absolute atomic E-state index is 0.237. The summed E-state index contributed by atoms with van der Waals surface area (Å²) >= 11 is 0. The van der Waals surface area contributed by atoms with E-state index in [0.717, 1.165) is 18.5 Å². The number of nitrogens with zero attached hydrogens (tertiary/aromatic N) is 3. The van der Waals surface area contributed by atoms with Crippen LogP contribution in [0.15, 0.2) is 6.20 Å². The normalized spacial score (nSPS) is 20.6. The molecule has 1 unspecified atom stereocenters. The molecular weight excluding hydrogens is 158 g/mol. The highest BCUT2D eigenvalue weighted by Crippen LogP contribution is 2.24. The average molecular weight is 167 g/mol. The van der Waals surface area contributed by atoms with E-state index in [1.807, 2.05) is 0 Å². The fraction of sp³-hybridized carbons (Fsp3) is 0.571.